The lowest BCUT2D eigenvalue weighted by Crippen LogP contribution is -2.55. The van der Waals surface area contributed by atoms with Crippen LogP contribution in [0.15, 0.2) is 11.3 Å². The minimum atomic E-state index is 0. The molecule has 9 heteroatoms. The van der Waals surface area contributed by atoms with Gasteiger partial charge >= 0.3 is 0 Å². The highest BCUT2D eigenvalue weighted by Gasteiger charge is 2.38. The van der Waals surface area contributed by atoms with E-state index in [1.165, 1.54) is 64.5 Å². The number of aliphatic imine (C=N–C) groups is 1. The Morgan fingerprint density at radius 1 is 1.12 bits per heavy atom. The molecule has 2 aliphatic heterocycles. The van der Waals surface area contributed by atoms with Gasteiger partial charge in [0.1, 0.15) is 12.2 Å². The Morgan fingerprint density at radius 2 is 1.91 bits per heavy atom. The topological polar surface area (TPSA) is 79.6 Å². The van der Waals surface area contributed by atoms with Crippen molar-refractivity contribution < 1.29 is 4.74 Å². The van der Waals surface area contributed by atoms with E-state index in [0.29, 0.717) is 6.10 Å². The quantitative estimate of drug-likeness (QED) is 0.268. The lowest BCUT2D eigenvalue weighted by molar-refractivity contribution is 0.0407. The molecule has 1 aromatic heterocycles. The molecule has 33 heavy (non-hydrogen) atoms. The molecule has 0 spiro atoms. The summed E-state index contributed by atoms with van der Waals surface area (Å²) in [6.45, 7) is 8.86. The normalized spacial score (nSPS) is 23.8. The monoisotopic (exact) mass is 573 g/mol. The van der Waals surface area contributed by atoms with Gasteiger partial charge in [-0.2, -0.15) is 0 Å². The Labute approximate surface area is 216 Å². The molecule has 3 heterocycles. The fraction of sp³-hybridized carbons (Fsp3) is 0.875. The van der Waals surface area contributed by atoms with Crippen LogP contribution in [-0.2, 0) is 17.7 Å². The standard InChI is InChI=1S/C24H43N7O.HI/c1-2-22-29-28-20-30(22)16-13-25-23(26-18-21-10-9-17-32-21)27-19-24(11-5-3-6-12-24)31-14-7-4-8-15-31;/h20-21H,2-19H2,1H3,(H2,25,26,27);1H. The van der Waals surface area contributed by atoms with E-state index in [1.807, 2.05) is 6.33 Å². The first kappa shape index (κ1) is 26.7. The maximum Gasteiger partial charge on any atom is 0.191 e. The first-order valence-corrected chi connectivity index (χ1v) is 13.0. The average molecular weight is 574 g/mol. The van der Waals surface area contributed by atoms with Gasteiger partial charge in [-0.1, -0.05) is 32.6 Å². The van der Waals surface area contributed by atoms with Crippen molar-refractivity contribution in [2.45, 2.75) is 95.7 Å². The van der Waals surface area contributed by atoms with E-state index < -0.39 is 0 Å². The van der Waals surface area contributed by atoms with Crippen LogP contribution in [0.5, 0.6) is 0 Å². The van der Waals surface area contributed by atoms with Crippen LogP contribution < -0.4 is 10.6 Å². The zero-order valence-corrected chi connectivity index (χ0v) is 22.8. The van der Waals surface area contributed by atoms with Crippen LogP contribution in [0.4, 0.5) is 0 Å². The van der Waals surface area contributed by atoms with Crippen molar-refractivity contribution >= 4 is 29.9 Å². The van der Waals surface area contributed by atoms with Crippen LogP contribution in [0.1, 0.15) is 77.0 Å². The summed E-state index contributed by atoms with van der Waals surface area (Å²) in [5.41, 5.74) is 0.251. The highest BCUT2D eigenvalue weighted by molar-refractivity contribution is 14.0. The molecule has 4 rings (SSSR count). The summed E-state index contributed by atoms with van der Waals surface area (Å²) in [6, 6.07) is 0. The Hall–Kier alpha value is -0.940. The lowest BCUT2D eigenvalue weighted by atomic mass is 9.79. The Kier molecular flexibility index (Phi) is 11.2. The van der Waals surface area contributed by atoms with Gasteiger partial charge in [0.2, 0.25) is 0 Å². The van der Waals surface area contributed by atoms with E-state index in [0.717, 1.165) is 63.8 Å². The molecule has 1 aromatic rings. The number of nitrogens with one attached hydrogen (secondary N) is 2. The molecule has 3 fully saturated rings. The van der Waals surface area contributed by atoms with E-state index in [1.54, 1.807) is 0 Å². The van der Waals surface area contributed by atoms with Crippen molar-refractivity contribution in [1.29, 1.82) is 0 Å². The minimum Gasteiger partial charge on any atom is -0.376 e. The van der Waals surface area contributed by atoms with Gasteiger partial charge in [-0.25, -0.2) is 0 Å². The van der Waals surface area contributed by atoms with Crippen LogP contribution in [0.3, 0.4) is 0 Å². The fourth-order valence-electron chi connectivity index (χ4n) is 5.60. The second kappa shape index (κ2) is 13.8. The summed E-state index contributed by atoms with van der Waals surface area (Å²) in [5, 5.41) is 15.4. The van der Waals surface area contributed by atoms with E-state index >= 15 is 0 Å². The van der Waals surface area contributed by atoms with Gasteiger partial charge in [-0.15, -0.1) is 34.2 Å². The zero-order chi connectivity index (χ0) is 22.1. The van der Waals surface area contributed by atoms with Crippen molar-refractivity contribution in [2.24, 2.45) is 4.99 Å². The van der Waals surface area contributed by atoms with E-state index in [2.05, 4.69) is 37.2 Å². The molecule has 3 aliphatic rings. The average Bonchev–Trinajstić information content (AvgIpc) is 3.53. The summed E-state index contributed by atoms with van der Waals surface area (Å²) < 4.78 is 7.96. The SMILES string of the molecule is CCc1nncn1CCNC(=NCC1(N2CCCCC2)CCCCC1)NCC1CCCO1.I. The van der Waals surface area contributed by atoms with Crippen LogP contribution in [0, 0.1) is 0 Å². The van der Waals surface area contributed by atoms with E-state index in [-0.39, 0.29) is 29.5 Å². The van der Waals surface area contributed by atoms with Crippen molar-refractivity contribution in [3.63, 3.8) is 0 Å². The molecule has 188 valence electrons. The molecule has 0 bridgehead atoms. The number of nitrogens with zero attached hydrogens (tertiary/aromatic N) is 5. The van der Waals surface area contributed by atoms with Crippen LogP contribution in [0.25, 0.3) is 0 Å². The van der Waals surface area contributed by atoms with Crippen molar-refractivity contribution in [2.75, 3.05) is 39.3 Å². The number of ether oxygens (including phenoxy) is 1. The third kappa shape index (κ3) is 7.52. The first-order valence-electron chi connectivity index (χ1n) is 13.0. The van der Waals surface area contributed by atoms with Gasteiger partial charge in [0.25, 0.3) is 0 Å². The molecule has 2 saturated heterocycles. The van der Waals surface area contributed by atoms with Crippen molar-refractivity contribution in [3.8, 4) is 0 Å². The molecule has 0 amide bonds. The molecule has 1 saturated carbocycles. The molecule has 1 unspecified atom stereocenters. The van der Waals surface area contributed by atoms with Gasteiger partial charge in [0.05, 0.1) is 12.6 Å². The van der Waals surface area contributed by atoms with E-state index in [9.17, 15) is 0 Å². The third-order valence-electron chi connectivity index (χ3n) is 7.52. The summed E-state index contributed by atoms with van der Waals surface area (Å²) >= 11 is 0. The second-order valence-corrected chi connectivity index (χ2v) is 9.73. The minimum absolute atomic E-state index is 0. The molecule has 8 nitrogen and oxygen atoms in total. The molecule has 0 radical (unpaired) electrons. The molecular formula is C24H44IN7O. The predicted octanol–water partition coefficient (Wildman–Crippen LogP) is 3.36. The number of guanidine groups is 1. The summed E-state index contributed by atoms with van der Waals surface area (Å²) in [6.07, 6.45) is 16.0. The number of aryl methyl sites for hydroxylation is 1. The van der Waals surface area contributed by atoms with Gasteiger partial charge < -0.3 is 19.9 Å². The summed E-state index contributed by atoms with van der Waals surface area (Å²) in [7, 11) is 0. The molecule has 1 aliphatic carbocycles. The largest absolute Gasteiger partial charge is 0.376 e. The number of likely N-dealkylation sites (tertiary alicyclic amines) is 1. The van der Waals surface area contributed by atoms with Crippen molar-refractivity contribution in [1.82, 2.24) is 30.3 Å². The molecule has 2 N–H and O–H groups in total. The number of hydrogen-bond donors (Lipinski definition) is 2. The molecule has 0 aromatic carbocycles. The fourth-order valence-corrected chi connectivity index (χ4v) is 5.60. The summed E-state index contributed by atoms with van der Waals surface area (Å²) in [5.74, 6) is 1.96. The van der Waals surface area contributed by atoms with Gasteiger partial charge in [-0.05, 0) is 51.6 Å². The number of rotatable bonds is 9. The lowest BCUT2D eigenvalue weighted by Gasteiger charge is -2.47. The van der Waals surface area contributed by atoms with Gasteiger partial charge in [0, 0.05) is 38.2 Å². The number of aromatic nitrogens is 3. The number of piperidine rings is 1. The van der Waals surface area contributed by atoms with Crippen LogP contribution in [0.2, 0.25) is 0 Å². The Bertz CT molecular complexity index is 707. The molecular weight excluding hydrogens is 529 g/mol. The van der Waals surface area contributed by atoms with Gasteiger partial charge in [0.15, 0.2) is 5.96 Å². The summed E-state index contributed by atoms with van der Waals surface area (Å²) in [4.78, 5) is 7.95. The van der Waals surface area contributed by atoms with Gasteiger partial charge in [-0.3, -0.25) is 9.89 Å². The number of halogens is 1. The molecule has 1 atom stereocenters. The highest BCUT2D eigenvalue weighted by Crippen LogP contribution is 2.35. The second-order valence-electron chi connectivity index (χ2n) is 9.73. The maximum absolute atomic E-state index is 5.83. The highest BCUT2D eigenvalue weighted by atomic mass is 127. The maximum atomic E-state index is 5.83. The Morgan fingerprint density at radius 3 is 2.64 bits per heavy atom. The number of hydrogen-bond acceptors (Lipinski definition) is 5. The van der Waals surface area contributed by atoms with Crippen LogP contribution in [-0.4, -0.2) is 76.6 Å². The first-order chi connectivity index (χ1) is 15.8. The predicted molar refractivity (Wildman–Crippen MR) is 143 cm³/mol. The van der Waals surface area contributed by atoms with Crippen molar-refractivity contribution in [3.05, 3.63) is 12.2 Å². The zero-order valence-electron chi connectivity index (χ0n) is 20.4. The van der Waals surface area contributed by atoms with Crippen LogP contribution >= 0.6 is 24.0 Å². The third-order valence-corrected chi connectivity index (χ3v) is 7.52. The smallest absolute Gasteiger partial charge is 0.191 e. The van der Waals surface area contributed by atoms with E-state index in [4.69, 9.17) is 9.73 Å². The Balaban J connectivity index is 0.00000306.